The molecule has 4 heterocycles. The van der Waals surface area contributed by atoms with Gasteiger partial charge in [0.1, 0.15) is 23.1 Å². The minimum atomic E-state index is -0.391. The highest BCUT2D eigenvalue weighted by molar-refractivity contribution is 5.91. The molecule has 1 amide bonds. The summed E-state index contributed by atoms with van der Waals surface area (Å²) in [6.45, 7) is 1.03. The molecule has 10 nitrogen and oxygen atoms in total. The molecule has 1 saturated heterocycles. The van der Waals surface area contributed by atoms with E-state index in [0.29, 0.717) is 34.5 Å². The number of imidazole rings is 1. The molecule has 0 spiro atoms. The van der Waals surface area contributed by atoms with Gasteiger partial charge in [-0.25, -0.2) is 14.4 Å². The van der Waals surface area contributed by atoms with E-state index in [1.165, 1.54) is 6.07 Å². The molecule has 1 fully saturated rings. The SMILES string of the molecule is Cn1c(Nc2cc(-c3ccncc3)ccc2F)nc2cc(Oc3ccnc(NC(=O)CN4CCC[C@H]4CO)c3)ccc21. The number of ether oxygens (including phenoxy) is 1. The third kappa shape index (κ3) is 5.92. The molecule has 1 aliphatic rings. The third-order valence-corrected chi connectivity index (χ3v) is 7.37. The number of carbonyl (C=O) groups is 1. The van der Waals surface area contributed by atoms with Crippen LogP contribution in [0.4, 0.5) is 21.8 Å². The summed E-state index contributed by atoms with van der Waals surface area (Å²) < 4.78 is 22.6. The van der Waals surface area contributed by atoms with Crippen molar-refractivity contribution in [3.63, 3.8) is 0 Å². The predicted molar refractivity (Wildman–Crippen MR) is 158 cm³/mol. The number of anilines is 3. The molecule has 3 aromatic heterocycles. The fourth-order valence-corrected chi connectivity index (χ4v) is 5.18. The van der Waals surface area contributed by atoms with Gasteiger partial charge >= 0.3 is 0 Å². The molecule has 0 radical (unpaired) electrons. The summed E-state index contributed by atoms with van der Waals surface area (Å²) in [7, 11) is 1.85. The number of nitrogens with one attached hydrogen (secondary N) is 2. The van der Waals surface area contributed by atoms with Crippen LogP contribution in [0.15, 0.2) is 79.3 Å². The van der Waals surface area contributed by atoms with Gasteiger partial charge in [0.2, 0.25) is 11.9 Å². The Balaban J connectivity index is 1.16. The second kappa shape index (κ2) is 11.9. The zero-order valence-electron chi connectivity index (χ0n) is 23.0. The fraction of sp³-hybridized carbons (Fsp3) is 0.226. The van der Waals surface area contributed by atoms with Gasteiger partial charge in [0.25, 0.3) is 0 Å². The van der Waals surface area contributed by atoms with Crippen molar-refractivity contribution in [1.29, 1.82) is 0 Å². The second-order valence-electron chi connectivity index (χ2n) is 10.2. The summed E-state index contributed by atoms with van der Waals surface area (Å²) >= 11 is 0. The molecule has 0 aliphatic carbocycles. The molecule has 1 atom stereocenters. The summed E-state index contributed by atoms with van der Waals surface area (Å²) in [5, 5.41) is 15.4. The number of aryl methyl sites for hydroxylation is 1. The highest BCUT2D eigenvalue weighted by Crippen LogP contribution is 2.31. The highest BCUT2D eigenvalue weighted by atomic mass is 19.1. The molecule has 5 aromatic rings. The molecule has 0 saturated carbocycles. The summed E-state index contributed by atoms with van der Waals surface area (Å²) in [5.74, 6) is 1.31. The lowest BCUT2D eigenvalue weighted by molar-refractivity contribution is -0.117. The maximum atomic E-state index is 14.7. The van der Waals surface area contributed by atoms with E-state index in [-0.39, 0.29) is 25.1 Å². The standard InChI is InChI=1S/C31H30FN7O3/c1-38-28-7-5-23(42-24-10-13-34-29(17-24)37-30(41)18-39-14-2-3-22(39)19-40)16-27(28)36-31(38)35-26-15-21(4-6-25(26)32)20-8-11-33-12-9-20/h4-13,15-17,22,40H,2-3,14,18-19H2,1H3,(H,35,36)(H,34,37,41)/t22-/m0/s1. The Kier molecular flexibility index (Phi) is 7.76. The minimum Gasteiger partial charge on any atom is -0.457 e. The van der Waals surface area contributed by atoms with Crippen molar-refractivity contribution in [2.45, 2.75) is 18.9 Å². The third-order valence-electron chi connectivity index (χ3n) is 7.37. The number of pyridine rings is 2. The summed E-state index contributed by atoms with van der Waals surface area (Å²) in [5.41, 5.74) is 3.59. The molecule has 214 valence electrons. The van der Waals surface area contributed by atoms with Crippen LogP contribution in [-0.2, 0) is 11.8 Å². The van der Waals surface area contributed by atoms with Crippen LogP contribution < -0.4 is 15.4 Å². The van der Waals surface area contributed by atoms with Gasteiger partial charge in [-0.2, -0.15) is 0 Å². The highest BCUT2D eigenvalue weighted by Gasteiger charge is 2.25. The number of aromatic nitrogens is 4. The Morgan fingerprint density at radius 2 is 1.88 bits per heavy atom. The Morgan fingerprint density at radius 3 is 2.71 bits per heavy atom. The van der Waals surface area contributed by atoms with Gasteiger partial charge in [0.05, 0.1) is 29.9 Å². The number of rotatable bonds is 9. The van der Waals surface area contributed by atoms with Crippen molar-refractivity contribution in [3.05, 3.63) is 85.1 Å². The van der Waals surface area contributed by atoms with Crippen LogP contribution in [0.5, 0.6) is 11.5 Å². The van der Waals surface area contributed by atoms with Gasteiger partial charge in [-0.3, -0.25) is 14.7 Å². The first kappa shape index (κ1) is 27.3. The van der Waals surface area contributed by atoms with Gasteiger partial charge in [0, 0.05) is 43.8 Å². The Hall–Kier alpha value is -4.87. The first-order valence-corrected chi connectivity index (χ1v) is 13.7. The van der Waals surface area contributed by atoms with E-state index in [9.17, 15) is 14.3 Å². The minimum absolute atomic E-state index is 0.0202. The number of benzene rings is 2. The number of nitrogens with zero attached hydrogens (tertiary/aromatic N) is 5. The maximum Gasteiger partial charge on any atom is 0.239 e. The molecule has 2 aromatic carbocycles. The van der Waals surface area contributed by atoms with Crippen LogP contribution in [0.3, 0.4) is 0 Å². The van der Waals surface area contributed by atoms with Crippen LogP contribution in [0.25, 0.3) is 22.2 Å². The number of hydrogen-bond donors (Lipinski definition) is 3. The topological polar surface area (TPSA) is 117 Å². The smallest absolute Gasteiger partial charge is 0.239 e. The van der Waals surface area contributed by atoms with Crippen LogP contribution in [0.1, 0.15) is 12.8 Å². The van der Waals surface area contributed by atoms with E-state index in [1.54, 1.807) is 48.9 Å². The number of fused-ring (bicyclic) bond motifs is 1. The van der Waals surface area contributed by atoms with Crippen LogP contribution in [0.2, 0.25) is 0 Å². The van der Waals surface area contributed by atoms with Gasteiger partial charge in [-0.15, -0.1) is 0 Å². The quantitative estimate of drug-likeness (QED) is 0.225. The number of halogens is 1. The van der Waals surface area contributed by atoms with E-state index < -0.39 is 5.82 Å². The van der Waals surface area contributed by atoms with E-state index in [2.05, 4.69) is 25.6 Å². The van der Waals surface area contributed by atoms with Crippen LogP contribution in [-0.4, -0.2) is 61.2 Å². The van der Waals surface area contributed by atoms with Crippen molar-refractivity contribution in [1.82, 2.24) is 24.4 Å². The molecule has 0 bridgehead atoms. The maximum absolute atomic E-state index is 14.7. The Morgan fingerprint density at radius 1 is 1.05 bits per heavy atom. The van der Waals surface area contributed by atoms with Crippen molar-refractivity contribution < 1.29 is 19.0 Å². The van der Waals surface area contributed by atoms with Gasteiger partial charge < -0.3 is 25.0 Å². The van der Waals surface area contributed by atoms with E-state index in [4.69, 9.17) is 4.74 Å². The normalized spacial score (nSPS) is 15.2. The number of aliphatic hydroxyl groups is 1. The molecule has 42 heavy (non-hydrogen) atoms. The van der Waals surface area contributed by atoms with Gasteiger partial charge in [-0.05, 0) is 73.0 Å². The van der Waals surface area contributed by atoms with Crippen LogP contribution in [0, 0.1) is 5.82 Å². The number of carbonyl (C=O) groups excluding carboxylic acids is 1. The number of hydrogen-bond acceptors (Lipinski definition) is 8. The molecule has 11 heteroatoms. The zero-order valence-corrected chi connectivity index (χ0v) is 23.0. The van der Waals surface area contributed by atoms with Crippen molar-refractivity contribution in [3.8, 4) is 22.6 Å². The van der Waals surface area contributed by atoms with Crippen molar-refractivity contribution in [2.24, 2.45) is 7.05 Å². The van der Waals surface area contributed by atoms with Crippen LogP contribution >= 0.6 is 0 Å². The number of aliphatic hydroxyl groups excluding tert-OH is 1. The Labute approximate surface area is 241 Å². The first-order chi connectivity index (χ1) is 20.5. The first-order valence-electron chi connectivity index (χ1n) is 13.7. The van der Waals surface area contributed by atoms with E-state index in [1.807, 2.05) is 40.8 Å². The largest absolute Gasteiger partial charge is 0.457 e. The fourth-order valence-electron chi connectivity index (χ4n) is 5.18. The van der Waals surface area contributed by atoms with E-state index in [0.717, 1.165) is 36.0 Å². The lowest BCUT2D eigenvalue weighted by Gasteiger charge is -2.21. The van der Waals surface area contributed by atoms with Crippen molar-refractivity contribution >= 4 is 34.4 Å². The summed E-state index contributed by atoms with van der Waals surface area (Å²) in [4.78, 5) is 27.5. The average molecular weight is 568 g/mol. The molecule has 0 unspecified atom stereocenters. The second-order valence-corrected chi connectivity index (χ2v) is 10.2. The lowest BCUT2D eigenvalue weighted by Crippen LogP contribution is -2.38. The molecule has 3 N–H and O–H groups in total. The van der Waals surface area contributed by atoms with Gasteiger partial charge in [0.15, 0.2) is 0 Å². The predicted octanol–water partition coefficient (Wildman–Crippen LogP) is 5.10. The number of amides is 1. The van der Waals surface area contributed by atoms with E-state index >= 15 is 0 Å². The number of likely N-dealkylation sites (tertiary alicyclic amines) is 1. The lowest BCUT2D eigenvalue weighted by atomic mass is 10.1. The summed E-state index contributed by atoms with van der Waals surface area (Å²) in [6, 6.07) is 17.5. The zero-order chi connectivity index (χ0) is 29.1. The summed E-state index contributed by atoms with van der Waals surface area (Å²) in [6.07, 6.45) is 6.81. The van der Waals surface area contributed by atoms with Crippen molar-refractivity contribution in [2.75, 3.05) is 30.3 Å². The Bertz CT molecular complexity index is 1730. The molecular formula is C31H30FN7O3. The monoisotopic (exact) mass is 567 g/mol. The molecule has 1 aliphatic heterocycles. The van der Waals surface area contributed by atoms with Gasteiger partial charge in [-0.1, -0.05) is 6.07 Å². The molecular weight excluding hydrogens is 537 g/mol. The average Bonchev–Trinajstić information content (AvgIpc) is 3.57. The molecule has 6 rings (SSSR count).